The third kappa shape index (κ3) is 1.87. The van der Waals surface area contributed by atoms with Crippen molar-refractivity contribution in [2.45, 2.75) is 0 Å². The van der Waals surface area contributed by atoms with Crippen LogP contribution in [0.1, 0.15) is 10.4 Å². The zero-order chi connectivity index (χ0) is 14.3. The fourth-order valence-corrected chi connectivity index (χ4v) is 2.05. The molecule has 0 unspecified atom stereocenters. The fraction of sp³-hybridized carbons (Fsp3) is 0. The van der Waals surface area contributed by atoms with Crippen LogP contribution in [0, 0.1) is 5.82 Å². The van der Waals surface area contributed by atoms with E-state index in [2.05, 4.69) is 9.97 Å². The Hall–Kier alpha value is -2.89. The van der Waals surface area contributed by atoms with Gasteiger partial charge >= 0.3 is 5.97 Å². The summed E-state index contributed by atoms with van der Waals surface area (Å²) in [5.41, 5.74) is 1.84. The van der Waals surface area contributed by atoms with Crippen molar-refractivity contribution in [2.75, 3.05) is 0 Å². The number of benzene rings is 2. The van der Waals surface area contributed by atoms with E-state index in [1.54, 1.807) is 18.2 Å². The van der Waals surface area contributed by atoms with E-state index in [9.17, 15) is 14.3 Å². The normalized spacial score (nSPS) is 10.8. The summed E-state index contributed by atoms with van der Waals surface area (Å²) in [6.07, 6.45) is 1.52. The Kier molecular flexibility index (Phi) is 2.64. The number of aromatic amines is 1. The maximum Gasteiger partial charge on any atom is 0.335 e. The van der Waals surface area contributed by atoms with E-state index in [1.807, 2.05) is 0 Å². The van der Waals surface area contributed by atoms with Gasteiger partial charge in [0.05, 0.1) is 22.9 Å². The molecule has 6 heteroatoms. The standard InChI is InChI=1S/C14H9FN2O3/c15-10-4-8(14(19)20)3-9(13(10)18)7-1-2-11-12(5-7)17-6-16-11/h1-6,18H,(H,16,17)(H,19,20). The highest BCUT2D eigenvalue weighted by molar-refractivity contribution is 5.91. The molecule has 100 valence electrons. The van der Waals surface area contributed by atoms with Crippen LogP contribution in [0.4, 0.5) is 4.39 Å². The SMILES string of the molecule is O=C(O)c1cc(F)c(O)c(-c2ccc3nc[nH]c3c2)c1. The van der Waals surface area contributed by atoms with Gasteiger partial charge in [-0.3, -0.25) is 0 Å². The highest BCUT2D eigenvalue weighted by Gasteiger charge is 2.15. The number of aromatic nitrogens is 2. The molecular weight excluding hydrogens is 263 g/mol. The minimum atomic E-state index is -1.26. The predicted octanol–water partition coefficient (Wildman–Crippen LogP) is 2.77. The lowest BCUT2D eigenvalue weighted by Gasteiger charge is -2.07. The Bertz CT molecular complexity index is 826. The molecule has 0 saturated carbocycles. The van der Waals surface area contributed by atoms with E-state index < -0.39 is 17.5 Å². The average Bonchev–Trinajstić information content (AvgIpc) is 2.88. The monoisotopic (exact) mass is 272 g/mol. The van der Waals surface area contributed by atoms with Crippen molar-refractivity contribution < 1.29 is 19.4 Å². The van der Waals surface area contributed by atoms with Crippen LogP contribution in [-0.2, 0) is 0 Å². The van der Waals surface area contributed by atoms with Gasteiger partial charge < -0.3 is 15.2 Å². The number of nitrogens with zero attached hydrogens (tertiary/aromatic N) is 1. The second kappa shape index (κ2) is 4.34. The van der Waals surface area contributed by atoms with Gasteiger partial charge in [0.15, 0.2) is 11.6 Å². The van der Waals surface area contributed by atoms with Gasteiger partial charge in [-0.15, -0.1) is 0 Å². The molecule has 0 spiro atoms. The fourth-order valence-electron chi connectivity index (χ4n) is 2.05. The molecule has 0 atom stereocenters. The summed E-state index contributed by atoms with van der Waals surface area (Å²) in [6, 6.07) is 7.03. The minimum absolute atomic E-state index is 0.124. The van der Waals surface area contributed by atoms with E-state index in [4.69, 9.17) is 5.11 Å². The zero-order valence-electron chi connectivity index (χ0n) is 10.1. The highest BCUT2D eigenvalue weighted by Crippen LogP contribution is 2.33. The number of carboxylic acid groups (broad SMARTS) is 1. The van der Waals surface area contributed by atoms with Crippen LogP contribution in [0.3, 0.4) is 0 Å². The molecule has 0 aliphatic carbocycles. The molecule has 5 nitrogen and oxygen atoms in total. The van der Waals surface area contributed by atoms with Crippen molar-refractivity contribution in [1.82, 2.24) is 9.97 Å². The first-order valence-electron chi connectivity index (χ1n) is 5.75. The summed E-state index contributed by atoms with van der Waals surface area (Å²) in [5, 5.41) is 18.7. The van der Waals surface area contributed by atoms with Crippen LogP contribution < -0.4 is 0 Å². The summed E-state index contributed by atoms with van der Waals surface area (Å²) in [4.78, 5) is 17.9. The van der Waals surface area contributed by atoms with Gasteiger partial charge in [-0.05, 0) is 29.8 Å². The number of fused-ring (bicyclic) bond motifs is 1. The van der Waals surface area contributed by atoms with Crippen LogP contribution in [0.5, 0.6) is 5.75 Å². The number of carbonyl (C=O) groups is 1. The van der Waals surface area contributed by atoms with Gasteiger partial charge in [0, 0.05) is 5.56 Å². The molecule has 1 aromatic heterocycles. The lowest BCUT2D eigenvalue weighted by Crippen LogP contribution is -1.98. The first kappa shape index (κ1) is 12.2. The number of hydrogen-bond acceptors (Lipinski definition) is 3. The van der Waals surface area contributed by atoms with Gasteiger partial charge in [-0.2, -0.15) is 0 Å². The van der Waals surface area contributed by atoms with Crippen LogP contribution >= 0.6 is 0 Å². The zero-order valence-corrected chi connectivity index (χ0v) is 10.1. The first-order chi connectivity index (χ1) is 9.56. The van der Waals surface area contributed by atoms with Crippen LogP contribution in [-0.4, -0.2) is 26.2 Å². The third-order valence-electron chi connectivity index (χ3n) is 3.04. The number of aromatic hydroxyl groups is 1. The first-order valence-corrected chi connectivity index (χ1v) is 5.75. The Morgan fingerprint density at radius 1 is 1.25 bits per heavy atom. The van der Waals surface area contributed by atoms with E-state index in [1.165, 1.54) is 12.4 Å². The van der Waals surface area contributed by atoms with E-state index >= 15 is 0 Å². The number of imidazole rings is 1. The average molecular weight is 272 g/mol. The maximum absolute atomic E-state index is 13.6. The Labute approximate surface area is 112 Å². The molecule has 1 heterocycles. The topological polar surface area (TPSA) is 86.2 Å². The second-order valence-corrected chi connectivity index (χ2v) is 4.29. The van der Waals surface area contributed by atoms with Crippen LogP contribution in [0.25, 0.3) is 22.2 Å². The van der Waals surface area contributed by atoms with Crippen molar-refractivity contribution in [1.29, 1.82) is 0 Å². The Balaban J connectivity index is 2.24. The van der Waals surface area contributed by atoms with Crippen molar-refractivity contribution in [3.05, 3.63) is 48.0 Å². The molecule has 0 aliphatic rings. The lowest BCUT2D eigenvalue weighted by atomic mass is 10.0. The summed E-state index contributed by atoms with van der Waals surface area (Å²) >= 11 is 0. The van der Waals surface area contributed by atoms with Gasteiger partial charge in [0.25, 0.3) is 0 Å². The van der Waals surface area contributed by atoms with Gasteiger partial charge in [0.2, 0.25) is 0 Å². The summed E-state index contributed by atoms with van der Waals surface area (Å²) in [6.45, 7) is 0. The van der Waals surface area contributed by atoms with Gasteiger partial charge in [-0.25, -0.2) is 14.2 Å². The van der Waals surface area contributed by atoms with Gasteiger partial charge in [-0.1, -0.05) is 6.07 Å². The number of rotatable bonds is 2. The van der Waals surface area contributed by atoms with E-state index in [-0.39, 0.29) is 11.1 Å². The smallest absolute Gasteiger partial charge is 0.335 e. The predicted molar refractivity (Wildman–Crippen MR) is 70.1 cm³/mol. The summed E-state index contributed by atoms with van der Waals surface area (Å²) < 4.78 is 13.6. The van der Waals surface area contributed by atoms with Crippen LogP contribution in [0.2, 0.25) is 0 Å². The second-order valence-electron chi connectivity index (χ2n) is 4.29. The number of phenols is 1. The molecule has 3 rings (SSSR count). The quantitative estimate of drug-likeness (QED) is 0.669. The number of nitrogens with one attached hydrogen (secondary N) is 1. The van der Waals surface area contributed by atoms with E-state index in [0.29, 0.717) is 11.1 Å². The van der Waals surface area contributed by atoms with Crippen molar-refractivity contribution in [2.24, 2.45) is 0 Å². The molecule has 3 aromatic rings. The number of halogens is 1. The molecule has 0 bridgehead atoms. The molecule has 20 heavy (non-hydrogen) atoms. The van der Waals surface area contributed by atoms with Crippen LogP contribution in [0.15, 0.2) is 36.7 Å². The molecule has 0 saturated heterocycles. The minimum Gasteiger partial charge on any atom is -0.504 e. The summed E-state index contributed by atoms with van der Waals surface area (Å²) in [7, 11) is 0. The van der Waals surface area contributed by atoms with Crippen molar-refractivity contribution in [3.63, 3.8) is 0 Å². The number of aromatic carboxylic acids is 1. The summed E-state index contributed by atoms with van der Waals surface area (Å²) in [5.74, 6) is -2.80. The number of phenolic OH excluding ortho intramolecular Hbond substituents is 1. The molecular formula is C14H9FN2O3. The Morgan fingerprint density at radius 3 is 2.80 bits per heavy atom. The number of H-pyrrole nitrogens is 1. The Morgan fingerprint density at radius 2 is 2.05 bits per heavy atom. The molecule has 0 fully saturated rings. The largest absolute Gasteiger partial charge is 0.504 e. The molecule has 0 amide bonds. The molecule has 2 aromatic carbocycles. The number of carboxylic acids is 1. The molecule has 0 aliphatic heterocycles. The number of hydrogen-bond donors (Lipinski definition) is 3. The molecule has 3 N–H and O–H groups in total. The third-order valence-corrected chi connectivity index (χ3v) is 3.04. The highest BCUT2D eigenvalue weighted by atomic mass is 19.1. The van der Waals surface area contributed by atoms with Gasteiger partial charge in [0.1, 0.15) is 0 Å². The van der Waals surface area contributed by atoms with Crippen molar-refractivity contribution in [3.8, 4) is 16.9 Å². The molecule has 0 radical (unpaired) electrons. The lowest BCUT2D eigenvalue weighted by molar-refractivity contribution is 0.0696. The van der Waals surface area contributed by atoms with E-state index in [0.717, 1.165) is 11.6 Å². The van der Waals surface area contributed by atoms with Crippen molar-refractivity contribution >= 4 is 17.0 Å². The maximum atomic E-state index is 13.6.